The number of carbonyl (C=O) groups is 2. The van der Waals surface area contributed by atoms with Crippen LogP contribution in [0.15, 0.2) is 67.0 Å². The van der Waals surface area contributed by atoms with E-state index in [1.54, 1.807) is 19.3 Å². The Hall–Kier alpha value is -3.86. The highest BCUT2D eigenvalue weighted by atomic mass is 16.8. The lowest BCUT2D eigenvalue weighted by molar-refractivity contribution is -0.163. The van der Waals surface area contributed by atoms with E-state index in [1.165, 1.54) is 18.4 Å². The topological polar surface area (TPSA) is 115 Å². The van der Waals surface area contributed by atoms with Gasteiger partial charge in [-0.2, -0.15) is 0 Å². The van der Waals surface area contributed by atoms with Crippen molar-refractivity contribution >= 4 is 17.8 Å². The first-order valence-corrected chi connectivity index (χ1v) is 18.0. The van der Waals surface area contributed by atoms with E-state index in [0.29, 0.717) is 42.4 Å². The average molecular weight is 670 g/mol. The molecule has 3 aliphatic rings. The summed E-state index contributed by atoms with van der Waals surface area (Å²) in [5.74, 6) is 2.63. The number of piperidine rings is 1. The van der Waals surface area contributed by atoms with Crippen LogP contribution in [0.3, 0.4) is 0 Å². The zero-order valence-corrected chi connectivity index (χ0v) is 29.1. The third-order valence-electron chi connectivity index (χ3n) is 10.0. The van der Waals surface area contributed by atoms with Crippen LogP contribution < -0.4 is 15.7 Å². The Labute approximate surface area is 290 Å². The maximum Gasteiger partial charge on any atom is 0.328 e. The Morgan fingerprint density at radius 2 is 1.59 bits per heavy atom. The molecule has 0 spiro atoms. The maximum absolute atomic E-state index is 13.1. The van der Waals surface area contributed by atoms with Gasteiger partial charge in [-0.15, -0.1) is 0 Å². The molecule has 6 rings (SSSR count). The maximum atomic E-state index is 13.1. The normalized spacial score (nSPS) is 21.4. The number of carbonyl (C=O) groups excluding carboxylic acids is 2. The number of benzene rings is 2. The van der Waals surface area contributed by atoms with Crippen molar-refractivity contribution in [2.75, 3.05) is 24.6 Å². The second-order valence-electron chi connectivity index (χ2n) is 14.3. The fraction of sp³-hybridized carbons (Fsp3) is 0.538. The Bertz CT molecular complexity index is 1480. The predicted molar refractivity (Wildman–Crippen MR) is 187 cm³/mol. The van der Waals surface area contributed by atoms with Crippen LogP contribution in [0.25, 0.3) is 0 Å². The Kier molecular flexibility index (Phi) is 11.9. The van der Waals surface area contributed by atoms with Gasteiger partial charge in [-0.05, 0) is 92.2 Å². The van der Waals surface area contributed by atoms with Crippen LogP contribution in [0, 0.1) is 23.7 Å². The molecule has 3 fully saturated rings. The van der Waals surface area contributed by atoms with Crippen LogP contribution >= 0.6 is 0 Å². The van der Waals surface area contributed by atoms with Gasteiger partial charge in [0.25, 0.3) is 5.91 Å². The summed E-state index contributed by atoms with van der Waals surface area (Å²) in [6.07, 6.45) is 10.3. The number of nitrogens with zero attached hydrogens (tertiary/aromatic N) is 3. The standard InChI is InChI=1S/C39H51N5O5/c1-26(2)25-47-27(3)49-43-37(45)31-21-41-39(42-22-31)44-23-34-33(35(34)24-44)15-9-10-28-16-18-29(19-17-28)20-40-36(30-11-5-4-6-12-30)38(46)48-32-13-7-8-14-32/h4-6,11-12,16-19,21-22,26-27,32-36,40H,7-10,13-15,20,23-25H2,1-3H3,(H,43,45)/t27?,33?,34?,35?,36-/m0/s1. The fourth-order valence-corrected chi connectivity index (χ4v) is 7.21. The molecule has 262 valence electrons. The minimum absolute atomic E-state index is 0.0485. The van der Waals surface area contributed by atoms with E-state index in [9.17, 15) is 9.59 Å². The molecule has 10 nitrogen and oxygen atoms in total. The number of hydroxylamine groups is 1. The number of aromatic nitrogens is 2. The van der Waals surface area contributed by atoms with Crippen molar-refractivity contribution < 1.29 is 23.9 Å². The van der Waals surface area contributed by atoms with Crippen molar-refractivity contribution in [2.45, 2.75) is 90.7 Å². The second kappa shape index (κ2) is 16.7. The van der Waals surface area contributed by atoms with Crippen molar-refractivity contribution in [1.29, 1.82) is 0 Å². The number of hydrogen-bond acceptors (Lipinski definition) is 9. The number of nitrogens with one attached hydrogen (secondary N) is 2. The largest absolute Gasteiger partial charge is 0.461 e. The number of fused-ring (bicyclic) bond motifs is 1. The minimum Gasteiger partial charge on any atom is -0.461 e. The number of rotatable bonds is 17. The van der Waals surface area contributed by atoms with Gasteiger partial charge < -0.3 is 14.4 Å². The zero-order chi connectivity index (χ0) is 34.2. The number of anilines is 1. The van der Waals surface area contributed by atoms with Crippen LogP contribution in [0.1, 0.15) is 92.4 Å². The van der Waals surface area contributed by atoms with Crippen LogP contribution in [0.2, 0.25) is 0 Å². The summed E-state index contributed by atoms with van der Waals surface area (Å²) in [4.78, 5) is 42.0. The van der Waals surface area contributed by atoms with Gasteiger partial charge in [0.1, 0.15) is 12.1 Å². The zero-order valence-electron chi connectivity index (χ0n) is 29.1. The average Bonchev–Trinajstić information content (AvgIpc) is 3.44. The molecule has 2 saturated carbocycles. The minimum atomic E-state index is -0.539. The van der Waals surface area contributed by atoms with Gasteiger partial charge in [-0.1, -0.05) is 68.4 Å². The number of amides is 1. The van der Waals surface area contributed by atoms with E-state index < -0.39 is 18.2 Å². The molecule has 1 aliphatic heterocycles. The van der Waals surface area contributed by atoms with Gasteiger partial charge in [-0.3, -0.25) is 10.1 Å². The number of hydrogen-bond donors (Lipinski definition) is 2. The van der Waals surface area contributed by atoms with E-state index >= 15 is 0 Å². The molecule has 0 radical (unpaired) electrons. The van der Waals surface area contributed by atoms with Gasteiger partial charge in [0.15, 0.2) is 6.29 Å². The van der Waals surface area contributed by atoms with Crippen molar-refractivity contribution in [3.05, 3.63) is 89.2 Å². The van der Waals surface area contributed by atoms with Gasteiger partial charge in [0.05, 0.1) is 12.2 Å². The molecule has 0 bridgehead atoms. The molecule has 2 heterocycles. The summed E-state index contributed by atoms with van der Waals surface area (Å²) in [6, 6.07) is 18.2. The Morgan fingerprint density at radius 3 is 2.27 bits per heavy atom. The first-order valence-electron chi connectivity index (χ1n) is 18.0. The van der Waals surface area contributed by atoms with Crippen LogP contribution in [-0.4, -0.2) is 53.9 Å². The highest BCUT2D eigenvalue weighted by Crippen LogP contribution is 2.54. The van der Waals surface area contributed by atoms with Crippen LogP contribution in [-0.2, 0) is 32.1 Å². The van der Waals surface area contributed by atoms with Gasteiger partial charge >= 0.3 is 5.97 Å². The third-order valence-corrected chi connectivity index (χ3v) is 10.0. The molecule has 2 N–H and O–H groups in total. The molecule has 2 aromatic carbocycles. The molecule has 10 heteroatoms. The summed E-state index contributed by atoms with van der Waals surface area (Å²) >= 11 is 0. The molecular formula is C39H51N5O5. The molecule has 3 aromatic rings. The number of aryl methyl sites for hydroxylation is 1. The third kappa shape index (κ3) is 9.65. The lowest BCUT2D eigenvalue weighted by atomic mass is 10.0. The van der Waals surface area contributed by atoms with E-state index in [2.05, 4.69) is 63.8 Å². The smallest absolute Gasteiger partial charge is 0.328 e. The van der Waals surface area contributed by atoms with Crippen LogP contribution in [0.4, 0.5) is 5.95 Å². The first-order chi connectivity index (χ1) is 23.8. The molecule has 4 atom stereocenters. The summed E-state index contributed by atoms with van der Waals surface area (Å²) in [6.45, 7) is 8.94. The summed E-state index contributed by atoms with van der Waals surface area (Å²) in [7, 11) is 0. The summed E-state index contributed by atoms with van der Waals surface area (Å²) in [5, 5.41) is 3.46. The van der Waals surface area contributed by atoms with Crippen LogP contribution in [0.5, 0.6) is 0 Å². The highest BCUT2D eigenvalue weighted by molar-refractivity contribution is 5.92. The molecule has 2 aliphatic carbocycles. The molecule has 1 amide bonds. The number of esters is 1. The van der Waals surface area contributed by atoms with Crippen molar-refractivity contribution in [3.63, 3.8) is 0 Å². The molecule has 49 heavy (non-hydrogen) atoms. The summed E-state index contributed by atoms with van der Waals surface area (Å²) < 4.78 is 11.4. The SMILES string of the molecule is CC(C)COC(C)ONC(=O)c1cnc(N2CC3C(CCCc4ccc(CN[C@H](C(=O)OC5CCCC5)c5ccccc5)cc4)C3C2)nc1. The highest BCUT2D eigenvalue weighted by Gasteiger charge is 2.55. The second-order valence-corrected chi connectivity index (χ2v) is 14.3. The van der Waals surface area contributed by atoms with Crippen molar-refractivity contribution in [3.8, 4) is 0 Å². The van der Waals surface area contributed by atoms with Crippen molar-refractivity contribution in [1.82, 2.24) is 20.8 Å². The van der Waals surface area contributed by atoms with Gasteiger partial charge in [-0.25, -0.2) is 25.1 Å². The van der Waals surface area contributed by atoms with Crippen molar-refractivity contribution in [2.24, 2.45) is 23.7 Å². The quantitative estimate of drug-likeness (QED) is 0.0988. The lowest BCUT2D eigenvalue weighted by Crippen LogP contribution is -2.32. The first kappa shape index (κ1) is 35.0. The van der Waals surface area contributed by atoms with E-state index in [0.717, 1.165) is 62.2 Å². The summed E-state index contributed by atoms with van der Waals surface area (Å²) in [5.41, 5.74) is 6.20. The predicted octanol–water partition coefficient (Wildman–Crippen LogP) is 6.18. The monoisotopic (exact) mass is 669 g/mol. The lowest BCUT2D eigenvalue weighted by Gasteiger charge is -2.21. The molecule has 1 aromatic heterocycles. The van der Waals surface area contributed by atoms with Gasteiger partial charge in [0, 0.05) is 32.0 Å². The van der Waals surface area contributed by atoms with Gasteiger partial charge in [0.2, 0.25) is 5.95 Å². The molecule has 3 unspecified atom stereocenters. The molecule has 1 saturated heterocycles. The molecular weight excluding hydrogens is 618 g/mol. The number of ether oxygens (including phenoxy) is 2. The Morgan fingerprint density at radius 1 is 0.918 bits per heavy atom. The Balaban J connectivity index is 0.892. The van der Waals surface area contributed by atoms with E-state index in [4.69, 9.17) is 14.3 Å². The van der Waals surface area contributed by atoms with E-state index in [1.807, 2.05) is 30.3 Å². The fourth-order valence-electron chi connectivity index (χ4n) is 7.21. The van der Waals surface area contributed by atoms with E-state index in [-0.39, 0.29) is 12.1 Å².